The van der Waals surface area contributed by atoms with Crippen LogP contribution in [0.4, 0.5) is 29.5 Å². The van der Waals surface area contributed by atoms with Crippen molar-refractivity contribution in [2.75, 3.05) is 23.3 Å². The molecule has 1 saturated carbocycles. The smallest absolute Gasteiger partial charge is 0.310 e. The molecule has 0 aromatic carbocycles. The second kappa shape index (κ2) is 7.75. The summed E-state index contributed by atoms with van der Waals surface area (Å²) in [5, 5.41) is 3.02. The van der Waals surface area contributed by atoms with Crippen molar-refractivity contribution >= 4 is 35.0 Å². The second-order valence-corrected chi connectivity index (χ2v) is 7.67. The second-order valence-electron chi connectivity index (χ2n) is 7.23. The van der Waals surface area contributed by atoms with Crippen molar-refractivity contribution in [3.05, 3.63) is 47.4 Å². The molecule has 1 saturated heterocycles. The first-order chi connectivity index (χ1) is 14.2. The lowest BCUT2D eigenvalue weighted by Gasteiger charge is -2.22. The minimum absolute atomic E-state index is 0.196. The highest BCUT2D eigenvalue weighted by atomic mass is 35.5. The van der Waals surface area contributed by atoms with Crippen LogP contribution in [0.1, 0.15) is 18.5 Å². The van der Waals surface area contributed by atoms with Crippen LogP contribution >= 0.6 is 11.6 Å². The van der Waals surface area contributed by atoms with Gasteiger partial charge in [-0.2, -0.15) is 13.2 Å². The summed E-state index contributed by atoms with van der Waals surface area (Å²) in [6.07, 6.45) is -0.200. The molecule has 30 heavy (non-hydrogen) atoms. The van der Waals surface area contributed by atoms with E-state index in [9.17, 15) is 22.8 Å². The molecule has 1 N–H and O–H groups in total. The quantitative estimate of drug-likeness (QED) is 0.768. The van der Waals surface area contributed by atoms with E-state index in [1.807, 2.05) is 0 Å². The molecule has 4 rings (SSSR count). The Labute approximate surface area is 174 Å². The lowest BCUT2D eigenvalue weighted by Crippen LogP contribution is -2.41. The van der Waals surface area contributed by atoms with Gasteiger partial charge in [-0.15, -0.1) is 0 Å². The van der Waals surface area contributed by atoms with Gasteiger partial charge in [0.2, 0.25) is 5.91 Å². The zero-order chi connectivity index (χ0) is 21.5. The summed E-state index contributed by atoms with van der Waals surface area (Å²) in [5.74, 6) is 0.0977. The Kier molecular flexibility index (Phi) is 5.27. The molecular weight excluding hydrogens is 423 g/mol. The van der Waals surface area contributed by atoms with Crippen LogP contribution in [0.5, 0.6) is 0 Å². The third kappa shape index (κ3) is 4.33. The van der Waals surface area contributed by atoms with Gasteiger partial charge in [-0.3, -0.25) is 9.69 Å². The number of hydrogen-bond acceptors (Lipinski definition) is 4. The average molecular weight is 440 g/mol. The van der Waals surface area contributed by atoms with E-state index in [0.29, 0.717) is 11.6 Å². The molecule has 2 aromatic rings. The van der Waals surface area contributed by atoms with E-state index in [2.05, 4.69) is 15.3 Å². The summed E-state index contributed by atoms with van der Waals surface area (Å²) in [6.45, 7) is 0.0952. The van der Waals surface area contributed by atoms with Crippen LogP contribution in [0.2, 0.25) is 5.02 Å². The summed E-state index contributed by atoms with van der Waals surface area (Å²) in [5.41, 5.74) is -0.764. The van der Waals surface area contributed by atoms with E-state index in [1.54, 1.807) is 6.07 Å². The van der Waals surface area contributed by atoms with Crippen molar-refractivity contribution in [1.29, 1.82) is 0 Å². The van der Waals surface area contributed by atoms with E-state index < -0.39 is 23.8 Å². The zero-order valence-corrected chi connectivity index (χ0v) is 16.3. The third-order valence-electron chi connectivity index (χ3n) is 5.07. The average Bonchev–Trinajstić information content (AvgIpc) is 3.47. The number of urea groups is 1. The standard InChI is InChI=1S/C19H17ClF3N5O2/c20-12-5-6-24-16(7-12)26-17(29)10-28-14(11-1-2-11)9-27(18(28)30)13-3-4-15(25-8-13)19(21,22)23/h3-8,11,14H,1-2,9-10H2,(H,24,26,29)/t14-/m1/s1. The van der Waals surface area contributed by atoms with Gasteiger partial charge in [0.1, 0.15) is 18.1 Å². The Morgan fingerprint density at radius 2 is 2.00 bits per heavy atom. The molecule has 1 aliphatic heterocycles. The lowest BCUT2D eigenvalue weighted by atomic mass is 10.1. The summed E-state index contributed by atoms with van der Waals surface area (Å²) in [7, 11) is 0. The van der Waals surface area contributed by atoms with Crippen LogP contribution in [0.15, 0.2) is 36.7 Å². The largest absolute Gasteiger partial charge is 0.433 e. The molecule has 0 bridgehead atoms. The predicted molar refractivity (Wildman–Crippen MR) is 103 cm³/mol. The van der Waals surface area contributed by atoms with Crippen molar-refractivity contribution in [1.82, 2.24) is 14.9 Å². The van der Waals surface area contributed by atoms with Crippen LogP contribution in [0.25, 0.3) is 0 Å². The van der Waals surface area contributed by atoms with Gasteiger partial charge < -0.3 is 10.2 Å². The number of nitrogens with zero attached hydrogens (tertiary/aromatic N) is 4. The van der Waals surface area contributed by atoms with Crippen molar-refractivity contribution in [3.8, 4) is 0 Å². The zero-order valence-electron chi connectivity index (χ0n) is 15.6. The van der Waals surface area contributed by atoms with Crippen LogP contribution in [-0.4, -0.2) is 45.9 Å². The Morgan fingerprint density at radius 1 is 1.23 bits per heavy atom. The topological polar surface area (TPSA) is 78.4 Å². The predicted octanol–water partition coefficient (Wildman–Crippen LogP) is 3.81. The van der Waals surface area contributed by atoms with Gasteiger partial charge in [0.25, 0.3) is 0 Å². The molecule has 2 aliphatic rings. The number of rotatable bonds is 5. The number of amides is 3. The number of hydrogen-bond donors (Lipinski definition) is 1. The number of carbonyl (C=O) groups is 2. The fraction of sp³-hybridized carbons (Fsp3) is 0.368. The summed E-state index contributed by atoms with van der Waals surface area (Å²) in [6, 6.07) is 4.48. The number of nitrogens with one attached hydrogen (secondary N) is 1. The highest BCUT2D eigenvalue weighted by molar-refractivity contribution is 6.30. The van der Waals surface area contributed by atoms with E-state index in [4.69, 9.17) is 11.6 Å². The van der Waals surface area contributed by atoms with Gasteiger partial charge in [-0.25, -0.2) is 14.8 Å². The fourth-order valence-electron chi connectivity index (χ4n) is 3.47. The molecule has 3 amide bonds. The lowest BCUT2D eigenvalue weighted by molar-refractivity contribution is -0.141. The van der Waals surface area contributed by atoms with Gasteiger partial charge in [-0.05, 0) is 43.0 Å². The fourth-order valence-corrected chi connectivity index (χ4v) is 3.63. The van der Waals surface area contributed by atoms with Gasteiger partial charge in [0.15, 0.2) is 0 Å². The number of alkyl halides is 3. The normalized spacial score (nSPS) is 19.3. The van der Waals surface area contributed by atoms with E-state index in [0.717, 1.165) is 25.1 Å². The molecule has 3 heterocycles. The van der Waals surface area contributed by atoms with Crippen LogP contribution in [-0.2, 0) is 11.0 Å². The van der Waals surface area contributed by atoms with Crippen LogP contribution in [0.3, 0.4) is 0 Å². The SMILES string of the molecule is O=C(CN1C(=O)N(c2ccc(C(F)(F)F)nc2)C[C@@H]1C1CC1)Nc1cc(Cl)ccn1. The maximum Gasteiger partial charge on any atom is 0.433 e. The number of halogens is 4. The minimum Gasteiger partial charge on any atom is -0.310 e. The van der Waals surface area contributed by atoms with E-state index in [-0.39, 0.29) is 30.0 Å². The molecule has 158 valence electrons. The van der Waals surface area contributed by atoms with Gasteiger partial charge in [-0.1, -0.05) is 11.6 Å². The molecule has 7 nitrogen and oxygen atoms in total. The minimum atomic E-state index is -4.55. The Balaban J connectivity index is 1.49. The van der Waals surface area contributed by atoms with Gasteiger partial charge in [0.05, 0.1) is 17.9 Å². The molecule has 2 aromatic heterocycles. The maximum absolute atomic E-state index is 13.0. The highest BCUT2D eigenvalue weighted by Crippen LogP contribution is 2.40. The number of anilines is 2. The first-order valence-electron chi connectivity index (χ1n) is 9.25. The number of pyridine rings is 2. The molecule has 1 atom stereocenters. The van der Waals surface area contributed by atoms with Gasteiger partial charge in [0, 0.05) is 17.8 Å². The third-order valence-corrected chi connectivity index (χ3v) is 5.30. The van der Waals surface area contributed by atoms with Crippen molar-refractivity contribution in [2.24, 2.45) is 5.92 Å². The van der Waals surface area contributed by atoms with Crippen molar-refractivity contribution < 1.29 is 22.8 Å². The molecule has 2 fully saturated rings. The molecule has 0 radical (unpaired) electrons. The first-order valence-corrected chi connectivity index (χ1v) is 9.63. The van der Waals surface area contributed by atoms with Crippen molar-refractivity contribution in [3.63, 3.8) is 0 Å². The summed E-state index contributed by atoms with van der Waals surface area (Å²) < 4.78 is 38.2. The van der Waals surface area contributed by atoms with Crippen molar-refractivity contribution in [2.45, 2.75) is 25.1 Å². The van der Waals surface area contributed by atoms with E-state index in [1.165, 1.54) is 28.1 Å². The van der Waals surface area contributed by atoms with Gasteiger partial charge >= 0.3 is 12.2 Å². The molecule has 0 spiro atoms. The molecule has 11 heteroatoms. The summed E-state index contributed by atoms with van der Waals surface area (Å²) in [4.78, 5) is 35.7. The summed E-state index contributed by atoms with van der Waals surface area (Å²) >= 11 is 5.88. The van der Waals surface area contributed by atoms with Crippen LogP contribution in [0, 0.1) is 5.92 Å². The van der Waals surface area contributed by atoms with Crippen LogP contribution < -0.4 is 10.2 Å². The monoisotopic (exact) mass is 439 g/mol. The Morgan fingerprint density at radius 3 is 2.60 bits per heavy atom. The van der Waals surface area contributed by atoms with E-state index >= 15 is 0 Å². The molecule has 1 aliphatic carbocycles. The first kappa shape index (κ1) is 20.4. The number of aromatic nitrogens is 2. The molecule has 0 unspecified atom stereocenters. The maximum atomic E-state index is 13.0. The number of carbonyl (C=O) groups excluding carboxylic acids is 2. The molecular formula is C19H17ClF3N5O2. The Hall–Kier alpha value is -2.88. The Bertz CT molecular complexity index is 965. The highest BCUT2D eigenvalue weighted by Gasteiger charge is 2.46.